The lowest BCUT2D eigenvalue weighted by molar-refractivity contribution is 0.489. The van der Waals surface area contributed by atoms with Crippen molar-refractivity contribution < 1.29 is 8.42 Å². The zero-order chi connectivity index (χ0) is 12.3. The number of rotatable bonds is 4. The molecule has 1 rings (SSSR count). The molecule has 0 saturated heterocycles. The average Bonchev–Trinajstić information content (AvgIpc) is 2.16. The highest BCUT2D eigenvalue weighted by Gasteiger charge is 2.20. The highest BCUT2D eigenvalue weighted by atomic mass is 79.9. The van der Waals surface area contributed by atoms with Crippen LogP contribution in [0.4, 0.5) is 0 Å². The molecule has 7 heteroatoms. The second kappa shape index (κ2) is 5.69. The Morgan fingerprint density at radius 2 is 1.75 bits per heavy atom. The maximum Gasteiger partial charge on any atom is 0.242 e. The molecule has 0 heterocycles. The fourth-order valence-electron chi connectivity index (χ4n) is 1.10. The van der Waals surface area contributed by atoms with Crippen LogP contribution in [-0.2, 0) is 10.0 Å². The highest BCUT2D eigenvalue weighted by Crippen LogP contribution is 2.24. The summed E-state index contributed by atoms with van der Waals surface area (Å²) < 4.78 is 25.3. The highest BCUT2D eigenvalue weighted by molar-refractivity contribution is 9.09. The lowest BCUT2D eigenvalue weighted by Crippen LogP contribution is -2.28. The first-order valence-electron chi connectivity index (χ1n) is 4.36. The lowest BCUT2D eigenvalue weighted by atomic mass is 10.4. The van der Waals surface area contributed by atoms with Crippen molar-refractivity contribution in [1.29, 1.82) is 0 Å². The van der Waals surface area contributed by atoms with Crippen LogP contribution in [-0.4, -0.2) is 31.6 Å². The fourth-order valence-corrected chi connectivity index (χ4v) is 3.76. The number of nitrogens with zero attached hydrogens (tertiary/aromatic N) is 1. The van der Waals surface area contributed by atoms with E-state index in [1.165, 1.54) is 29.6 Å². The molecule has 0 unspecified atom stereocenters. The van der Waals surface area contributed by atoms with Gasteiger partial charge in [-0.2, -0.15) is 0 Å². The number of sulfonamides is 1. The Hall–Kier alpha value is 0.190. The number of benzene rings is 1. The Morgan fingerprint density at radius 3 is 2.19 bits per heavy atom. The van der Waals surface area contributed by atoms with Crippen LogP contribution in [0, 0.1) is 0 Å². The number of hydrogen-bond acceptors (Lipinski definition) is 2. The van der Waals surface area contributed by atoms with Gasteiger partial charge in [-0.3, -0.25) is 0 Å². The van der Waals surface area contributed by atoms with E-state index in [-0.39, 0.29) is 4.90 Å². The molecule has 0 fully saturated rings. The molecule has 0 spiro atoms. The van der Waals surface area contributed by atoms with E-state index < -0.39 is 10.0 Å². The van der Waals surface area contributed by atoms with E-state index in [0.717, 1.165) is 0 Å². The van der Waals surface area contributed by atoms with Crippen molar-refractivity contribution in [2.45, 2.75) is 4.90 Å². The van der Waals surface area contributed by atoms with E-state index in [1.54, 1.807) is 0 Å². The topological polar surface area (TPSA) is 37.4 Å². The van der Waals surface area contributed by atoms with E-state index in [2.05, 4.69) is 15.9 Å². The van der Waals surface area contributed by atoms with Crippen molar-refractivity contribution in [2.24, 2.45) is 0 Å². The van der Waals surface area contributed by atoms with E-state index in [4.69, 9.17) is 23.2 Å². The van der Waals surface area contributed by atoms with Gasteiger partial charge < -0.3 is 0 Å². The minimum absolute atomic E-state index is 0.105. The molecule has 0 atom stereocenters. The van der Waals surface area contributed by atoms with Gasteiger partial charge in [-0.1, -0.05) is 39.1 Å². The van der Waals surface area contributed by atoms with Crippen LogP contribution in [0.25, 0.3) is 0 Å². The van der Waals surface area contributed by atoms with Crippen LogP contribution in [0.5, 0.6) is 0 Å². The van der Waals surface area contributed by atoms with E-state index >= 15 is 0 Å². The van der Waals surface area contributed by atoms with Crippen LogP contribution < -0.4 is 0 Å². The summed E-state index contributed by atoms with van der Waals surface area (Å²) in [7, 11) is -2.01. The summed E-state index contributed by atoms with van der Waals surface area (Å²) in [5.41, 5.74) is 0. The molecule has 0 aliphatic carbocycles. The van der Waals surface area contributed by atoms with Gasteiger partial charge in [-0.05, 0) is 18.2 Å². The summed E-state index contributed by atoms with van der Waals surface area (Å²) in [5.74, 6) is 0. The first-order chi connectivity index (χ1) is 7.37. The van der Waals surface area contributed by atoms with Crippen LogP contribution in [0.15, 0.2) is 23.1 Å². The van der Waals surface area contributed by atoms with Gasteiger partial charge >= 0.3 is 0 Å². The smallest absolute Gasteiger partial charge is 0.207 e. The molecule has 0 aromatic heterocycles. The zero-order valence-electron chi connectivity index (χ0n) is 8.45. The lowest BCUT2D eigenvalue weighted by Gasteiger charge is -2.16. The zero-order valence-corrected chi connectivity index (χ0v) is 12.4. The van der Waals surface area contributed by atoms with Gasteiger partial charge in [-0.25, -0.2) is 12.7 Å². The van der Waals surface area contributed by atoms with E-state index in [0.29, 0.717) is 21.9 Å². The van der Waals surface area contributed by atoms with E-state index in [1.807, 2.05) is 0 Å². The second-order valence-electron chi connectivity index (χ2n) is 3.12. The summed E-state index contributed by atoms with van der Waals surface area (Å²) in [5, 5.41) is 1.17. The Labute approximate surface area is 114 Å². The Bertz CT molecular complexity index is 458. The number of alkyl halides is 1. The normalized spacial score (nSPS) is 12.1. The number of hydrogen-bond donors (Lipinski definition) is 0. The molecule has 0 radical (unpaired) electrons. The molecular weight excluding hydrogens is 337 g/mol. The van der Waals surface area contributed by atoms with Gasteiger partial charge in [0.1, 0.15) is 0 Å². The van der Waals surface area contributed by atoms with Gasteiger partial charge in [0.05, 0.1) is 4.90 Å². The molecule has 16 heavy (non-hydrogen) atoms. The molecule has 1 aromatic carbocycles. The molecule has 0 aliphatic rings. The van der Waals surface area contributed by atoms with Gasteiger partial charge in [0.15, 0.2) is 0 Å². The molecule has 0 N–H and O–H groups in total. The quantitative estimate of drug-likeness (QED) is 0.786. The molecule has 90 valence electrons. The molecule has 0 aliphatic heterocycles. The van der Waals surface area contributed by atoms with Crippen LogP contribution >= 0.6 is 39.1 Å². The maximum absolute atomic E-state index is 12.0. The van der Waals surface area contributed by atoms with Crippen LogP contribution in [0.2, 0.25) is 10.0 Å². The third-order valence-corrected chi connectivity index (χ3v) is 4.57. The second-order valence-corrected chi connectivity index (χ2v) is 6.83. The first kappa shape index (κ1) is 14.3. The predicted molar refractivity (Wildman–Crippen MR) is 70.1 cm³/mol. The van der Waals surface area contributed by atoms with Crippen molar-refractivity contribution >= 4 is 49.2 Å². The molecular formula is C9H10BrCl2NO2S. The molecule has 0 bridgehead atoms. The van der Waals surface area contributed by atoms with Gasteiger partial charge in [0, 0.05) is 29.0 Å². The Morgan fingerprint density at radius 1 is 1.25 bits per heavy atom. The molecule has 3 nitrogen and oxygen atoms in total. The summed E-state index contributed by atoms with van der Waals surface area (Å²) in [6.07, 6.45) is 0. The fraction of sp³-hybridized carbons (Fsp3) is 0.333. The Kier molecular flexibility index (Phi) is 5.07. The third kappa shape index (κ3) is 3.34. The van der Waals surface area contributed by atoms with Crippen molar-refractivity contribution in [3.63, 3.8) is 0 Å². The monoisotopic (exact) mass is 345 g/mol. The van der Waals surface area contributed by atoms with Gasteiger partial charge in [0.25, 0.3) is 0 Å². The molecule has 1 aromatic rings. The van der Waals surface area contributed by atoms with Crippen molar-refractivity contribution in [2.75, 3.05) is 18.9 Å². The van der Waals surface area contributed by atoms with Crippen molar-refractivity contribution in [1.82, 2.24) is 4.31 Å². The van der Waals surface area contributed by atoms with Gasteiger partial charge in [-0.15, -0.1) is 0 Å². The van der Waals surface area contributed by atoms with E-state index in [9.17, 15) is 8.42 Å². The predicted octanol–water partition coefficient (Wildman–Crippen LogP) is 3.01. The first-order valence-corrected chi connectivity index (χ1v) is 7.68. The maximum atomic E-state index is 12.0. The van der Waals surface area contributed by atoms with Gasteiger partial charge in [0.2, 0.25) is 10.0 Å². The van der Waals surface area contributed by atoms with Crippen LogP contribution in [0.3, 0.4) is 0 Å². The number of halogens is 3. The van der Waals surface area contributed by atoms with Crippen LogP contribution in [0.1, 0.15) is 0 Å². The Balaban J connectivity index is 3.16. The largest absolute Gasteiger partial charge is 0.242 e. The molecule has 0 saturated carbocycles. The minimum atomic E-state index is -3.51. The van der Waals surface area contributed by atoms with Crippen molar-refractivity contribution in [3.8, 4) is 0 Å². The minimum Gasteiger partial charge on any atom is -0.207 e. The summed E-state index contributed by atoms with van der Waals surface area (Å²) >= 11 is 14.7. The SMILES string of the molecule is CN(CCBr)S(=O)(=O)c1cc(Cl)cc(Cl)c1. The summed E-state index contributed by atoms with van der Waals surface area (Å²) in [4.78, 5) is 0.105. The molecule has 0 amide bonds. The summed E-state index contributed by atoms with van der Waals surface area (Å²) in [6, 6.07) is 4.26. The van der Waals surface area contributed by atoms with Crippen molar-refractivity contribution in [3.05, 3.63) is 28.2 Å². The summed E-state index contributed by atoms with van der Waals surface area (Å²) in [6.45, 7) is 0.381. The standard InChI is InChI=1S/C9H10BrCl2NO2S/c1-13(3-2-10)16(14,15)9-5-7(11)4-8(12)6-9/h4-6H,2-3H2,1H3. The third-order valence-electron chi connectivity index (χ3n) is 1.94. The average molecular weight is 347 g/mol.